The minimum atomic E-state index is -0.441. The molecular weight excluding hydrogens is 284 g/mol. The fraction of sp³-hybridized carbons (Fsp3) is 0.625. The quantitative estimate of drug-likeness (QED) is 0.596. The average Bonchev–Trinajstić information content (AvgIpc) is 2.50. The summed E-state index contributed by atoms with van der Waals surface area (Å²) in [6.45, 7) is 5.90. The molecule has 1 saturated heterocycles. The summed E-state index contributed by atoms with van der Waals surface area (Å²) in [7, 11) is 1.49. The molecule has 0 unspecified atom stereocenters. The number of methoxy groups -OCH3 is 1. The molecule has 1 fully saturated rings. The Labute approximate surface area is 131 Å². The molecule has 6 heteroatoms. The second-order valence-electron chi connectivity index (χ2n) is 5.81. The van der Waals surface area contributed by atoms with Gasteiger partial charge in [0, 0.05) is 24.7 Å². The van der Waals surface area contributed by atoms with Gasteiger partial charge in [0.15, 0.2) is 11.5 Å². The molecule has 2 atom stereocenters. The summed E-state index contributed by atoms with van der Waals surface area (Å²) >= 11 is 0. The third-order valence-electron chi connectivity index (χ3n) is 4.34. The first-order valence-corrected chi connectivity index (χ1v) is 7.74. The van der Waals surface area contributed by atoms with E-state index in [1.807, 2.05) is 0 Å². The van der Waals surface area contributed by atoms with Gasteiger partial charge >= 0.3 is 0 Å². The Morgan fingerprint density at radius 2 is 1.95 bits per heavy atom. The van der Waals surface area contributed by atoms with Crippen LogP contribution >= 0.6 is 0 Å². The molecule has 0 aliphatic carbocycles. The van der Waals surface area contributed by atoms with Crippen LogP contribution in [0.15, 0.2) is 18.2 Å². The Balaban J connectivity index is 1.95. The molecule has 0 radical (unpaired) electrons. The number of rotatable bonds is 6. The van der Waals surface area contributed by atoms with E-state index in [-0.39, 0.29) is 5.69 Å². The lowest BCUT2D eigenvalue weighted by Crippen LogP contribution is -2.45. The van der Waals surface area contributed by atoms with E-state index in [1.54, 1.807) is 6.07 Å². The van der Waals surface area contributed by atoms with Gasteiger partial charge in [-0.3, -0.25) is 15.0 Å². The highest BCUT2D eigenvalue weighted by atomic mass is 16.6. The lowest BCUT2D eigenvalue weighted by molar-refractivity contribution is -0.384. The van der Waals surface area contributed by atoms with E-state index in [0.717, 1.165) is 6.54 Å². The second-order valence-corrected chi connectivity index (χ2v) is 5.81. The number of piperidine rings is 1. The van der Waals surface area contributed by atoms with Crippen LogP contribution in [0.25, 0.3) is 0 Å². The molecule has 1 aliphatic heterocycles. The van der Waals surface area contributed by atoms with Crippen molar-refractivity contribution in [3.05, 3.63) is 28.3 Å². The van der Waals surface area contributed by atoms with Gasteiger partial charge in [0.05, 0.1) is 18.1 Å². The smallest absolute Gasteiger partial charge is 0.273 e. The molecule has 0 saturated carbocycles. The number of benzene rings is 1. The molecule has 22 heavy (non-hydrogen) atoms. The molecule has 1 heterocycles. The number of nitro benzene ring substituents is 1. The molecule has 1 aromatic carbocycles. The van der Waals surface area contributed by atoms with Gasteiger partial charge in [0.25, 0.3) is 5.69 Å². The molecular formula is C16H24N2O4. The van der Waals surface area contributed by atoms with Crippen molar-refractivity contribution >= 4 is 5.69 Å². The summed E-state index contributed by atoms with van der Waals surface area (Å²) in [5, 5.41) is 10.8. The van der Waals surface area contributed by atoms with E-state index in [4.69, 9.17) is 9.47 Å². The van der Waals surface area contributed by atoms with Crippen molar-refractivity contribution < 1.29 is 14.4 Å². The first-order chi connectivity index (χ1) is 10.5. The number of nitrogens with zero attached hydrogens (tertiary/aromatic N) is 2. The Morgan fingerprint density at radius 1 is 1.27 bits per heavy atom. The van der Waals surface area contributed by atoms with Crippen molar-refractivity contribution in [1.82, 2.24) is 4.90 Å². The lowest BCUT2D eigenvalue weighted by atomic mass is 9.98. The van der Waals surface area contributed by atoms with Crippen molar-refractivity contribution in [3.8, 4) is 11.5 Å². The SMILES string of the molecule is COc1cc([N+](=O)[O-])ccc1OCCN1[C@H](C)CCC[C@@H]1C. The van der Waals surface area contributed by atoms with Gasteiger partial charge in [-0.1, -0.05) is 6.42 Å². The summed E-state index contributed by atoms with van der Waals surface area (Å²) < 4.78 is 11.0. The highest BCUT2D eigenvalue weighted by Gasteiger charge is 2.24. The fourth-order valence-electron chi connectivity index (χ4n) is 3.07. The Bertz CT molecular complexity index is 511. The van der Waals surface area contributed by atoms with Gasteiger partial charge in [-0.2, -0.15) is 0 Å². The highest BCUT2D eigenvalue weighted by Crippen LogP contribution is 2.31. The van der Waals surface area contributed by atoms with Crippen LogP contribution in [-0.2, 0) is 0 Å². The van der Waals surface area contributed by atoms with Crippen molar-refractivity contribution in [2.75, 3.05) is 20.3 Å². The van der Waals surface area contributed by atoms with Crippen molar-refractivity contribution in [2.45, 2.75) is 45.2 Å². The third-order valence-corrected chi connectivity index (χ3v) is 4.34. The van der Waals surface area contributed by atoms with E-state index in [1.165, 1.54) is 38.5 Å². The van der Waals surface area contributed by atoms with Gasteiger partial charge in [0.2, 0.25) is 0 Å². The van der Waals surface area contributed by atoms with E-state index in [0.29, 0.717) is 30.2 Å². The predicted molar refractivity (Wildman–Crippen MR) is 84.6 cm³/mol. The van der Waals surface area contributed by atoms with Gasteiger partial charge in [-0.15, -0.1) is 0 Å². The minimum absolute atomic E-state index is 0.00229. The van der Waals surface area contributed by atoms with Crippen LogP contribution in [0.2, 0.25) is 0 Å². The Morgan fingerprint density at radius 3 is 2.55 bits per heavy atom. The number of ether oxygens (including phenoxy) is 2. The molecule has 0 aromatic heterocycles. The molecule has 122 valence electrons. The summed E-state index contributed by atoms with van der Waals surface area (Å²) in [4.78, 5) is 12.8. The molecule has 1 aromatic rings. The van der Waals surface area contributed by atoms with Crippen LogP contribution in [0.1, 0.15) is 33.1 Å². The van der Waals surface area contributed by atoms with Crippen LogP contribution in [0, 0.1) is 10.1 Å². The number of hydrogen-bond acceptors (Lipinski definition) is 5. The number of non-ortho nitro benzene ring substituents is 1. The van der Waals surface area contributed by atoms with Crippen LogP contribution in [-0.4, -0.2) is 42.2 Å². The maximum Gasteiger partial charge on any atom is 0.273 e. The molecule has 0 spiro atoms. The van der Waals surface area contributed by atoms with Crippen LogP contribution < -0.4 is 9.47 Å². The number of likely N-dealkylation sites (tertiary alicyclic amines) is 1. The highest BCUT2D eigenvalue weighted by molar-refractivity contribution is 5.48. The zero-order chi connectivity index (χ0) is 16.1. The van der Waals surface area contributed by atoms with Gasteiger partial charge in [0.1, 0.15) is 6.61 Å². The molecule has 0 N–H and O–H groups in total. The van der Waals surface area contributed by atoms with E-state index < -0.39 is 4.92 Å². The maximum atomic E-state index is 10.8. The van der Waals surface area contributed by atoms with Crippen molar-refractivity contribution in [1.29, 1.82) is 0 Å². The van der Waals surface area contributed by atoms with Gasteiger partial charge in [-0.05, 0) is 32.8 Å². The predicted octanol–water partition coefficient (Wildman–Crippen LogP) is 3.25. The molecule has 0 bridgehead atoms. The van der Waals surface area contributed by atoms with E-state index in [2.05, 4.69) is 18.7 Å². The summed E-state index contributed by atoms with van der Waals surface area (Å²) in [6, 6.07) is 5.57. The van der Waals surface area contributed by atoms with E-state index >= 15 is 0 Å². The zero-order valence-corrected chi connectivity index (χ0v) is 13.4. The second kappa shape index (κ2) is 7.45. The van der Waals surface area contributed by atoms with Crippen molar-refractivity contribution in [2.24, 2.45) is 0 Å². The molecule has 6 nitrogen and oxygen atoms in total. The third kappa shape index (κ3) is 3.88. The Kier molecular flexibility index (Phi) is 5.60. The van der Waals surface area contributed by atoms with E-state index in [9.17, 15) is 10.1 Å². The first kappa shape index (κ1) is 16.5. The largest absolute Gasteiger partial charge is 0.493 e. The number of nitro groups is 1. The topological polar surface area (TPSA) is 64.8 Å². The maximum absolute atomic E-state index is 10.8. The summed E-state index contributed by atoms with van der Waals surface area (Å²) in [6.07, 6.45) is 3.74. The Hall–Kier alpha value is -1.82. The lowest BCUT2D eigenvalue weighted by Gasteiger charge is -2.38. The van der Waals surface area contributed by atoms with Crippen LogP contribution in [0.3, 0.4) is 0 Å². The zero-order valence-electron chi connectivity index (χ0n) is 13.4. The number of hydrogen-bond donors (Lipinski definition) is 0. The van der Waals surface area contributed by atoms with Crippen molar-refractivity contribution in [3.63, 3.8) is 0 Å². The fourth-order valence-corrected chi connectivity index (χ4v) is 3.07. The van der Waals surface area contributed by atoms with Crippen LogP contribution in [0.5, 0.6) is 11.5 Å². The van der Waals surface area contributed by atoms with Crippen LogP contribution in [0.4, 0.5) is 5.69 Å². The summed E-state index contributed by atoms with van der Waals surface area (Å²) in [5.41, 5.74) is 0.00229. The summed E-state index contributed by atoms with van der Waals surface area (Å²) in [5.74, 6) is 0.944. The standard InChI is InChI=1S/C16H24N2O4/c1-12-5-4-6-13(2)17(12)9-10-22-15-8-7-14(18(19)20)11-16(15)21-3/h7-8,11-13H,4-6,9-10H2,1-3H3/t12-,13+. The molecule has 0 amide bonds. The van der Waals surface area contributed by atoms with Gasteiger partial charge < -0.3 is 9.47 Å². The minimum Gasteiger partial charge on any atom is -0.493 e. The monoisotopic (exact) mass is 308 g/mol. The van der Waals surface area contributed by atoms with Gasteiger partial charge in [-0.25, -0.2) is 0 Å². The molecule has 1 aliphatic rings. The average molecular weight is 308 g/mol. The molecule has 2 rings (SSSR count). The first-order valence-electron chi connectivity index (χ1n) is 7.74. The normalized spacial score (nSPS) is 22.3.